The Morgan fingerprint density at radius 2 is 1.78 bits per heavy atom. The summed E-state index contributed by atoms with van der Waals surface area (Å²) in [5.74, 6) is 1.02. The lowest BCUT2D eigenvalue weighted by molar-refractivity contribution is -0.126. The molecule has 1 atom stereocenters. The van der Waals surface area contributed by atoms with Crippen LogP contribution < -0.4 is 15.4 Å². The van der Waals surface area contributed by atoms with Crippen LogP contribution in [0.25, 0.3) is 0 Å². The normalized spacial score (nSPS) is 15.5. The average molecular weight is 310 g/mol. The van der Waals surface area contributed by atoms with E-state index in [9.17, 15) is 4.79 Å². The Balaban J connectivity index is 1.83. The van der Waals surface area contributed by atoms with E-state index in [0.29, 0.717) is 6.61 Å². The van der Waals surface area contributed by atoms with Crippen LogP contribution in [-0.2, 0) is 4.79 Å². The molecule has 0 spiro atoms. The van der Waals surface area contributed by atoms with Crippen molar-refractivity contribution in [3.63, 3.8) is 0 Å². The molecule has 2 aromatic rings. The fraction of sp³-hybridized carbons (Fsp3) is 0.316. The second kappa shape index (κ2) is 7.29. The van der Waals surface area contributed by atoms with Gasteiger partial charge in [-0.3, -0.25) is 4.79 Å². The summed E-state index contributed by atoms with van der Waals surface area (Å²) in [5, 5.41) is 6.32. The first-order valence-corrected chi connectivity index (χ1v) is 8.06. The van der Waals surface area contributed by atoms with Crippen LogP contribution in [0.3, 0.4) is 0 Å². The van der Waals surface area contributed by atoms with Crippen LogP contribution in [0.5, 0.6) is 5.75 Å². The Kier molecular flexibility index (Phi) is 4.93. The largest absolute Gasteiger partial charge is 0.494 e. The van der Waals surface area contributed by atoms with Crippen LogP contribution >= 0.6 is 0 Å². The summed E-state index contributed by atoms with van der Waals surface area (Å²) in [7, 11) is 0. The minimum atomic E-state index is -0.139. The maximum Gasteiger partial charge on any atom is 0.226 e. The molecule has 3 rings (SSSR count). The Morgan fingerprint density at radius 1 is 1.13 bits per heavy atom. The van der Waals surface area contributed by atoms with Gasteiger partial charge in [-0.25, -0.2) is 0 Å². The Hall–Kier alpha value is -2.33. The van der Waals surface area contributed by atoms with E-state index in [2.05, 4.69) is 10.6 Å². The van der Waals surface area contributed by atoms with Gasteiger partial charge in [-0.05, 0) is 30.2 Å². The van der Waals surface area contributed by atoms with Crippen LogP contribution in [0, 0.1) is 5.92 Å². The highest BCUT2D eigenvalue weighted by Crippen LogP contribution is 2.25. The molecule has 2 aromatic carbocycles. The van der Waals surface area contributed by atoms with Crippen LogP contribution in [0.1, 0.15) is 24.1 Å². The van der Waals surface area contributed by atoms with Gasteiger partial charge in [0.1, 0.15) is 5.75 Å². The Labute approximate surface area is 136 Å². The van der Waals surface area contributed by atoms with Gasteiger partial charge in [0.2, 0.25) is 5.91 Å². The van der Waals surface area contributed by atoms with Gasteiger partial charge in [0.05, 0.1) is 18.6 Å². The van der Waals surface area contributed by atoms with Crippen molar-refractivity contribution in [1.82, 2.24) is 10.6 Å². The molecule has 0 aliphatic carbocycles. The van der Waals surface area contributed by atoms with E-state index >= 15 is 0 Å². The third kappa shape index (κ3) is 3.71. The molecular weight excluding hydrogens is 288 g/mol. The number of hydrogen-bond acceptors (Lipinski definition) is 3. The third-order valence-corrected chi connectivity index (χ3v) is 4.10. The molecule has 1 unspecified atom stereocenters. The lowest BCUT2D eigenvalue weighted by Crippen LogP contribution is -2.51. The lowest BCUT2D eigenvalue weighted by atomic mass is 9.96. The van der Waals surface area contributed by atoms with Crippen LogP contribution in [0.2, 0.25) is 0 Å². The highest BCUT2D eigenvalue weighted by molar-refractivity contribution is 5.81. The van der Waals surface area contributed by atoms with Gasteiger partial charge >= 0.3 is 0 Å². The van der Waals surface area contributed by atoms with E-state index in [1.165, 1.54) is 0 Å². The maximum atomic E-state index is 12.4. The zero-order valence-corrected chi connectivity index (χ0v) is 13.3. The van der Waals surface area contributed by atoms with Crippen molar-refractivity contribution in [2.75, 3.05) is 19.7 Å². The third-order valence-electron chi connectivity index (χ3n) is 4.10. The summed E-state index contributed by atoms with van der Waals surface area (Å²) in [6.07, 6.45) is 0. The Morgan fingerprint density at radius 3 is 2.35 bits per heavy atom. The molecule has 4 heteroatoms. The van der Waals surface area contributed by atoms with E-state index in [-0.39, 0.29) is 17.9 Å². The summed E-state index contributed by atoms with van der Waals surface area (Å²) in [6, 6.07) is 17.8. The lowest BCUT2D eigenvalue weighted by Gasteiger charge is -2.29. The fourth-order valence-corrected chi connectivity index (χ4v) is 2.66. The van der Waals surface area contributed by atoms with Crippen LogP contribution in [0.4, 0.5) is 0 Å². The van der Waals surface area contributed by atoms with Gasteiger partial charge in [-0.2, -0.15) is 0 Å². The number of benzene rings is 2. The van der Waals surface area contributed by atoms with Crippen molar-refractivity contribution in [1.29, 1.82) is 0 Å². The van der Waals surface area contributed by atoms with Gasteiger partial charge in [-0.1, -0.05) is 42.5 Å². The average Bonchev–Trinajstić information content (AvgIpc) is 2.53. The standard InChI is InChI=1S/C19H22N2O2/c1-2-23-17-10-8-15(9-11-17)18(14-6-4-3-5-7-14)21-19(22)16-12-20-13-16/h3-11,16,18,20H,2,12-13H2,1H3,(H,21,22). The quantitative estimate of drug-likeness (QED) is 0.862. The van der Waals surface area contributed by atoms with Crippen LogP contribution in [-0.4, -0.2) is 25.6 Å². The predicted molar refractivity (Wildman–Crippen MR) is 90.4 cm³/mol. The SMILES string of the molecule is CCOc1ccc(C(NC(=O)C2CNC2)c2ccccc2)cc1. The minimum absolute atomic E-state index is 0.0731. The van der Waals surface area contributed by atoms with Gasteiger partial charge in [0, 0.05) is 13.1 Å². The smallest absolute Gasteiger partial charge is 0.226 e. The zero-order valence-electron chi connectivity index (χ0n) is 13.3. The van der Waals surface area contributed by atoms with Gasteiger partial charge in [-0.15, -0.1) is 0 Å². The zero-order chi connectivity index (χ0) is 16.1. The molecule has 1 saturated heterocycles. The highest BCUT2D eigenvalue weighted by Gasteiger charge is 2.27. The number of nitrogens with one attached hydrogen (secondary N) is 2. The molecule has 1 fully saturated rings. The first kappa shape index (κ1) is 15.6. The molecule has 0 saturated carbocycles. The summed E-state index contributed by atoms with van der Waals surface area (Å²) in [5.41, 5.74) is 2.14. The first-order valence-electron chi connectivity index (χ1n) is 8.06. The molecule has 0 bridgehead atoms. The van der Waals surface area contributed by atoms with E-state index in [4.69, 9.17) is 4.74 Å². The van der Waals surface area contributed by atoms with Crippen LogP contribution in [0.15, 0.2) is 54.6 Å². The molecule has 4 nitrogen and oxygen atoms in total. The highest BCUT2D eigenvalue weighted by atomic mass is 16.5. The summed E-state index contributed by atoms with van der Waals surface area (Å²) >= 11 is 0. The molecule has 0 aromatic heterocycles. The van der Waals surface area contributed by atoms with Gasteiger partial charge in [0.15, 0.2) is 0 Å². The second-order valence-electron chi connectivity index (χ2n) is 5.71. The fourth-order valence-electron chi connectivity index (χ4n) is 2.66. The topological polar surface area (TPSA) is 50.4 Å². The molecule has 1 aliphatic heterocycles. The molecule has 1 aliphatic rings. The van der Waals surface area contributed by atoms with Crippen molar-refractivity contribution in [3.05, 3.63) is 65.7 Å². The first-order chi connectivity index (χ1) is 11.3. The molecule has 2 N–H and O–H groups in total. The molecular formula is C19H22N2O2. The molecule has 23 heavy (non-hydrogen) atoms. The van der Waals surface area contributed by atoms with Gasteiger partial charge < -0.3 is 15.4 Å². The molecule has 120 valence electrons. The molecule has 0 radical (unpaired) electrons. The number of carbonyl (C=O) groups is 1. The Bertz CT molecular complexity index is 636. The van der Waals surface area contributed by atoms with Crippen molar-refractivity contribution in [3.8, 4) is 5.75 Å². The van der Waals surface area contributed by atoms with Crippen molar-refractivity contribution in [2.24, 2.45) is 5.92 Å². The van der Waals surface area contributed by atoms with Crippen molar-refractivity contribution < 1.29 is 9.53 Å². The number of ether oxygens (including phenoxy) is 1. The summed E-state index contributed by atoms with van der Waals surface area (Å²) < 4.78 is 5.50. The van der Waals surface area contributed by atoms with E-state index in [1.54, 1.807) is 0 Å². The minimum Gasteiger partial charge on any atom is -0.494 e. The number of hydrogen-bond donors (Lipinski definition) is 2. The van der Waals surface area contributed by atoms with E-state index in [0.717, 1.165) is 30.0 Å². The number of amides is 1. The molecule has 1 heterocycles. The number of rotatable bonds is 6. The maximum absolute atomic E-state index is 12.4. The monoisotopic (exact) mass is 310 g/mol. The van der Waals surface area contributed by atoms with Gasteiger partial charge in [0.25, 0.3) is 0 Å². The summed E-state index contributed by atoms with van der Waals surface area (Å²) in [4.78, 5) is 12.4. The second-order valence-corrected chi connectivity index (χ2v) is 5.71. The van der Waals surface area contributed by atoms with Crippen molar-refractivity contribution >= 4 is 5.91 Å². The predicted octanol–water partition coefficient (Wildman–Crippen LogP) is 2.51. The number of carbonyl (C=O) groups excluding carboxylic acids is 1. The van der Waals surface area contributed by atoms with E-state index < -0.39 is 0 Å². The van der Waals surface area contributed by atoms with E-state index in [1.807, 2.05) is 61.5 Å². The summed E-state index contributed by atoms with van der Waals surface area (Å²) in [6.45, 7) is 4.13. The van der Waals surface area contributed by atoms with Crippen molar-refractivity contribution in [2.45, 2.75) is 13.0 Å². The molecule has 1 amide bonds.